The highest BCUT2D eigenvalue weighted by Crippen LogP contribution is 2.41. The number of nitrogens with one attached hydrogen (secondary N) is 2. The summed E-state index contributed by atoms with van der Waals surface area (Å²) in [4.78, 5) is 20.1. The number of aromatic nitrogens is 4. The summed E-state index contributed by atoms with van der Waals surface area (Å²) < 4.78 is 6.83. The molecule has 2 N–H and O–H groups in total. The number of amides is 2. The molecule has 0 spiro atoms. The molecule has 8 heteroatoms. The summed E-state index contributed by atoms with van der Waals surface area (Å²) in [7, 11) is 3.48. The van der Waals surface area contributed by atoms with E-state index in [9.17, 15) is 4.79 Å². The number of aryl methyl sites for hydroxylation is 1. The van der Waals surface area contributed by atoms with Gasteiger partial charge in [-0.15, -0.1) is 0 Å². The maximum atomic E-state index is 12.0. The van der Waals surface area contributed by atoms with Gasteiger partial charge < -0.3 is 10.1 Å². The topological polar surface area (TPSA) is 94.0 Å². The quantitative estimate of drug-likeness (QED) is 0.843. The standard InChI is InChI=1S/C15H20N6O2/c1-21-13(12(6-19-21)10-3-4-10)7-16-15(22)20-14-5-11(8-23-2)17-9-18-14/h5-6,9-10H,3-4,7-8H2,1-2H3,(H2,16,17,18,20,22). The van der Waals surface area contributed by atoms with Gasteiger partial charge in [0.15, 0.2) is 0 Å². The summed E-state index contributed by atoms with van der Waals surface area (Å²) in [6, 6.07) is 1.37. The van der Waals surface area contributed by atoms with Crippen LogP contribution in [0.4, 0.5) is 10.6 Å². The van der Waals surface area contributed by atoms with E-state index in [2.05, 4.69) is 25.7 Å². The van der Waals surface area contributed by atoms with Crippen LogP contribution < -0.4 is 10.6 Å². The van der Waals surface area contributed by atoms with Crippen LogP contribution in [0, 0.1) is 0 Å². The molecule has 8 nitrogen and oxygen atoms in total. The lowest BCUT2D eigenvalue weighted by molar-refractivity contribution is 0.181. The van der Waals surface area contributed by atoms with E-state index in [4.69, 9.17) is 4.74 Å². The first-order chi connectivity index (χ1) is 11.2. The van der Waals surface area contributed by atoms with Crippen LogP contribution in [-0.4, -0.2) is 32.9 Å². The maximum Gasteiger partial charge on any atom is 0.320 e. The van der Waals surface area contributed by atoms with Gasteiger partial charge in [0, 0.05) is 20.2 Å². The Morgan fingerprint density at radius 3 is 3.00 bits per heavy atom. The third kappa shape index (κ3) is 3.84. The first-order valence-electron chi connectivity index (χ1n) is 7.53. The summed E-state index contributed by atoms with van der Waals surface area (Å²) in [6.45, 7) is 0.808. The summed E-state index contributed by atoms with van der Waals surface area (Å²) in [5.74, 6) is 1.04. The molecule has 0 aromatic carbocycles. The number of anilines is 1. The van der Waals surface area contributed by atoms with Gasteiger partial charge in [-0.25, -0.2) is 14.8 Å². The lowest BCUT2D eigenvalue weighted by atomic mass is 10.1. The van der Waals surface area contributed by atoms with Gasteiger partial charge in [0.25, 0.3) is 0 Å². The summed E-state index contributed by atoms with van der Waals surface area (Å²) in [5, 5.41) is 9.83. The lowest BCUT2D eigenvalue weighted by Crippen LogP contribution is -2.29. The molecule has 1 aliphatic carbocycles. The molecule has 3 rings (SSSR count). The minimum absolute atomic E-state index is 0.310. The van der Waals surface area contributed by atoms with E-state index in [0.29, 0.717) is 30.6 Å². The van der Waals surface area contributed by atoms with E-state index >= 15 is 0 Å². The van der Waals surface area contributed by atoms with Gasteiger partial charge in [0.1, 0.15) is 12.1 Å². The van der Waals surface area contributed by atoms with Crippen LogP contribution in [0.15, 0.2) is 18.6 Å². The Hall–Kier alpha value is -2.48. The third-order valence-electron chi connectivity index (χ3n) is 3.78. The zero-order chi connectivity index (χ0) is 16.2. The Morgan fingerprint density at radius 1 is 1.43 bits per heavy atom. The van der Waals surface area contributed by atoms with Crippen LogP contribution in [0.3, 0.4) is 0 Å². The van der Waals surface area contributed by atoms with Crippen molar-refractivity contribution < 1.29 is 9.53 Å². The van der Waals surface area contributed by atoms with Crippen molar-refractivity contribution in [3.05, 3.63) is 35.5 Å². The molecule has 0 saturated heterocycles. The van der Waals surface area contributed by atoms with Crippen molar-refractivity contribution >= 4 is 11.8 Å². The van der Waals surface area contributed by atoms with E-state index in [1.54, 1.807) is 13.2 Å². The van der Waals surface area contributed by atoms with Gasteiger partial charge in [-0.05, 0) is 24.3 Å². The first-order valence-corrected chi connectivity index (χ1v) is 7.53. The van der Waals surface area contributed by atoms with Crippen molar-refractivity contribution in [2.24, 2.45) is 7.05 Å². The normalized spacial score (nSPS) is 13.8. The molecule has 0 aliphatic heterocycles. The van der Waals surface area contributed by atoms with Crippen LogP contribution >= 0.6 is 0 Å². The number of hydrogen-bond donors (Lipinski definition) is 2. The number of carbonyl (C=O) groups is 1. The fourth-order valence-corrected chi connectivity index (χ4v) is 2.45. The van der Waals surface area contributed by atoms with E-state index < -0.39 is 0 Å². The highest BCUT2D eigenvalue weighted by molar-refractivity contribution is 5.88. The van der Waals surface area contributed by atoms with Crippen LogP contribution in [0.2, 0.25) is 0 Å². The molecule has 0 atom stereocenters. The molecule has 23 heavy (non-hydrogen) atoms. The molecule has 0 bridgehead atoms. The largest absolute Gasteiger partial charge is 0.378 e. The third-order valence-corrected chi connectivity index (χ3v) is 3.78. The average Bonchev–Trinajstić information content (AvgIpc) is 3.30. The van der Waals surface area contributed by atoms with Crippen molar-refractivity contribution in [3.8, 4) is 0 Å². The maximum absolute atomic E-state index is 12.0. The fourth-order valence-electron chi connectivity index (χ4n) is 2.45. The summed E-state index contributed by atoms with van der Waals surface area (Å²) >= 11 is 0. The molecular weight excluding hydrogens is 296 g/mol. The average molecular weight is 316 g/mol. The van der Waals surface area contributed by atoms with Crippen LogP contribution in [0.5, 0.6) is 0 Å². The van der Waals surface area contributed by atoms with Crippen molar-refractivity contribution in [1.29, 1.82) is 0 Å². The highest BCUT2D eigenvalue weighted by atomic mass is 16.5. The van der Waals surface area contributed by atoms with Crippen LogP contribution in [0.25, 0.3) is 0 Å². The van der Waals surface area contributed by atoms with E-state index in [-0.39, 0.29) is 6.03 Å². The minimum Gasteiger partial charge on any atom is -0.378 e. The number of hydrogen-bond acceptors (Lipinski definition) is 5. The molecule has 0 radical (unpaired) electrons. The SMILES string of the molecule is COCc1cc(NC(=O)NCc2c(C3CC3)cnn2C)ncn1. The second-order valence-corrected chi connectivity index (χ2v) is 5.58. The highest BCUT2D eigenvalue weighted by Gasteiger charge is 2.28. The number of carbonyl (C=O) groups excluding carboxylic acids is 1. The second kappa shape index (κ2) is 6.74. The zero-order valence-corrected chi connectivity index (χ0v) is 13.2. The van der Waals surface area contributed by atoms with E-state index in [0.717, 1.165) is 5.69 Å². The van der Waals surface area contributed by atoms with Crippen molar-refractivity contribution in [1.82, 2.24) is 25.1 Å². The summed E-state index contributed by atoms with van der Waals surface area (Å²) in [5.41, 5.74) is 2.99. The Balaban J connectivity index is 1.57. The molecule has 0 unspecified atom stereocenters. The Morgan fingerprint density at radius 2 is 2.26 bits per heavy atom. The molecule has 2 heterocycles. The van der Waals surface area contributed by atoms with Crippen LogP contribution in [0.1, 0.15) is 35.7 Å². The predicted molar refractivity (Wildman–Crippen MR) is 83.8 cm³/mol. The molecule has 1 saturated carbocycles. The number of urea groups is 1. The molecule has 2 aromatic heterocycles. The first kappa shape index (κ1) is 15.4. The minimum atomic E-state index is -0.310. The van der Waals surface area contributed by atoms with Gasteiger partial charge in [-0.2, -0.15) is 5.10 Å². The number of rotatable bonds is 6. The Labute approximate surface area is 134 Å². The van der Waals surface area contributed by atoms with Gasteiger partial charge >= 0.3 is 6.03 Å². The number of nitrogens with zero attached hydrogens (tertiary/aromatic N) is 4. The van der Waals surface area contributed by atoms with Crippen molar-refractivity contribution in [3.63, 3.8) is 0 Å². The predicted octanol–water partition coefficient (Wildman–Crippen LogP) is 1.56. The van der Waals surface area contributed by atoms with E-state index in [1.807, 2.05) is 17.9 Å². The Bertz CT molecular complexity index is 695. The molecule has 122 valence electrons. The zero-order valence-electron chi connectivity index (χ0n) is 13.2. The molecular formula is C15H20N6O2. The Kier molecular flexibility index (Phi) is 4.52. The van der Waals surface area contributed by atoms with E-state index in [1.165, 1.54) is 24.7 Å². The van der Waals surface area contributed by atoms with Gasteiger partial charge in [-0.1, -0.05) is 0 Å². The molecule has 2 amide bonds. The van der Waals surface area contributed by atoms with Crippen LogP contribution in [-0.2, 0) is 24.9 Å². The fraction of sp³-hybridized carbons (Fsp3) is 0.467. The number of methoxy groups -OCH3 is 1. The lowest BCUT2D eigenvalue weighted by Gasteiger charge is -2.09. The molecule has 1 fully saturated rings. The van der Waals surface area contributed by atoms with Gasteiger partial charge in [0.2, 0.25) is 0 Å². The number of ether oxygens (including phenoxy) is 1. The summed E-state index contributed by atoms with van der Waals surface area (Å²) in [6.07, 6.45) is 5.70. The van der Waals surface area contributed by atoms with Crippen molar-refractivity contribution in [2.75, 3.05) is 12.4 Å². The van der Waals surface area contributed by atoms with Crippen molar-refractivity contribution in [2.45, 2.75) is 31.9 Å². The van der Waals surface area contributed by atoms with Gasteiger partial charge in [0.05, 0.1) is 30.7 Å². The van der Waals surface area contributed by atoms with Gasteiger partial charge in [-0.3, -0.25) is 10.00 Å². The monoisotopic (exact) mass is 316 g/mol. The molecule has 1 aliphatic rings. The smallest absolute Gasteiger partial charge is 0.320 e. The molecule has 2 aromatic rings. The second-order valence-electron chi connectivity index (χ2n) is 5.58.